The molecule has 0 aliphatic heterocycles. The maximum Gasteiger partial charge on any atom is 3.00 e. The van der Waals surface area contributed by atoms with Gasteiger partial charge in [0.05, 0.1) is 0 Å². The van der Waals surface area contributed by atoms with Gasteiger partial charge in [0.25, 0.3) is 0 Å². The van der Waals surface area contributed by atoms with Gasteiger partial charge in [-0.05, 0) is 6.92 Å². The molecule has 0 saturated heterocycles. The van der Waals surface area contributed by atoms with E-state index in [2.05, 4.69) is 44.2 Å². The summed E-state index contributed by atoms with van der Waals surface area (Å²) >= 11 is 0. The zero-order chi connectivity index (χ0) is 7.84. The molecule has 0 bridgehead atoms. The smallest absolute Gasteiger partial charge is 1.00 e. The summed E-state index contributed by atoms with van der Waals surface area (Å²) in [6, 6.07) is 10.8. The Balaban J connectivity index is 0. The first-order chi connectivity index (χ1) is 5.29. The maximum atomic E-state index is 2.18. The summed E-state index contributed by atoms with van der Waals surface area (Å²) in [6.07, 6.45) is 0. The number of halogens is 2. The second-order valence-corrected chi connectivity index (χ2v) is 3.05. The third-order valence-electron chi connectivity index (χ3n) is 2.25. The Labute approximate surface area is 125 Å². The molecule has 0 aromatic heterocycles. The molecular weight excluding hydrogens is 383 g/mol. The topological polar surface area (TPSA) is 0 Å². The number of hydrogen-bond donors (Lipinski definition) is 0. The van der Waals surface area contributed by atoms with Crippen LogP contribution in [0.15, 0.2) is 30.3 Å². The summed E-state index contributed by atoms with van der Waals surface area (Å²) in [7, 11) is 0. The van der Waals surface area contributed by atoms with Crippen LogP contribution in [0.4, 0.5) is 0 Å². The Hall–Kier alpha value is 0.673. The fourth-order valence-electron chi connectivity index (χ4n) is 1.54. The fraction of sp³-hybridized carbons (Fsp3) is 0.182. The average Bonchev–Trinajstić information content (AvgIpc) is 2.45. The van der Waals surface area contributed by atoms with E-state index < -0.39 is 0 Å². The van der Waals surface area contributed by atoms with Gasteiger partial charge in [0.1, 0.15) is 0 Å². The Kier molecular flexibility index (Phi) is 8.58. The van der Waals surface area contributed by atoms with E-state index >= 15 is 0 Å². The molecule has 1 radical (unpaired) electrons. The van der Waals surface area contributed by atoms with Crippen LogP contribution < -0.4 is 34.0 Å². The molecule has 2 rings (SSSR count). The van der Waals surface area contributed by atoms with E-state index in [1.165, 1.54) is 21.9 Å². The first-order valence-corrected chi connectivity index (χ1v) is 3.90. The molecule has 0 N–H and O–H groups in total. The van der Waals surface area contributed by atoms with Crippen LogP contribution in [0, 0.1) is 13.8 Å². The number of fused-ring (bicyclic) bond motifs is 1. The molecule has 0 atom stereocenters. The largest absolute Gasteiger partial charge is 3.00 e. The van der Waals surface area contributed by atoms with Gasteiger partial charge in [-0.15, -0.1) is 28.5 Å². The Bertz CT molecular complexity index is 357. The van der Waals surface area contributed by atoms with Gasteiger partial charge in [-0.2, -0.15) is 12.1 Å². The zero-order valence-electron chi connectivity index (χ0n) is 8.14. The number of aryl methyl sites for hydroxylation is 2. The predicted molar refractivity (Wildman–Crippen MR) is 49.0 cm³/mol. The Morgan fingerprint density at radius 3 is 2.07 bits per heavy atom. The molecule has 3 heteroatoms. The number of benzene rings is 1. The van der Waals surface area contributed by atoms with Crippen LogP contribution in [0.1, 0.15) is 11.1 Å². The molecule has 0 saturated carbocycles. The minimum Gasteiger partial charge on any atom is -1.00 e. The minimum absolute atomic E-state index is 0. The molecule has 2 aromatic carbocycles. The van der Waals surface area contributed by atoms with Gasteiger partial charge >= 0.3 is 26.2 Å². The second kappa shape index (κ2) is 7.03. The maximum absolute atomic E-state index is 2.18. The second-order valence-electron chi connectivity index (χ2n) is 3.05. The molecule has 0 nitrogen and oxygen atoms in total. The Morgan fingerprint density at radius 2 is 1.50 bits per heavy atom. The summed E-state index contributed by atoms with van der Waals surface area (Å²) in [5.41, 5.74) is 2.74. The summed E-state index contributed by atoms with van der Waals surface area (Å²) < 4.78 is 0. The van der Waals surface area contributed by atoms with Crippen molar-refractivity contribution in [3.63, 3.8) is 0 Å². The van der Waals surface area contributed by atoms with Crippen LogP contribution in [0.5, 0.6) is 0 Å². The molecule has 0 fully saturated rings. The standard InChI is InChI=1S/C11H11.2BrH.Zr/c1-8-6-7-9(2)11-5-3-4-10(8)11;;;/h3-7H,1-2H3;2*1H;/q-1;;;+3/p-2. The zero-order valence-corrected chi connectivity index (χ0v) is 13.8. The molecule has 0 unspecified atom stereocenters. The van der Waals surface area contributed by atoms with E-state index in [1.54, 1.807) is 0 Å². The van der Waals surface area contributed by atoms with Crippen LogP contribution in [0.3, 0.4) is 0 Å². The van der Waals surface area contributed by atoms with Crippen LogP contribution in [-0.2, 0) is 26.2 Å². The van der Waals surface area contributed by atoms with Crippen molar-refractivity contribution in [2.45, 2.75) is 13.8 Å². The molecule has 0 spiro atoms. The van der Waals surface area contributed by atoms with Gasteiger partial charge in [0.2, 0.25) is 0 Å². The molecule has 73 valence electrons. The van der Waals surface area contributed by atoms with E-state index in [-0.39, 0.29) is 60.2 Å². The monoisotopic (exact) mass is 391 g/mol. The van der Waals surface area contributed by atoms with Crippen molar-refractivity contribution in [1.29, 1.82) is 0 Å². The van der Waals surface area contributed by atoms with E-state index in [4.69, 9.17) is 0 Å². The van der Waals surface area contributed by atoms with E-state index in [0.717, 1.165) is 0 Å². The normalized spacial score (nSPS) is 8.43. The van der Waals surface area contributed by atoms with Crippen LogP contribution in [0.25, 0.3) is 10.8 Å². The number of rotatable bonds is 0. The van der Waals surface area contributed by atoms with Crippen molar-refractivity contribution in [3.8, 4) is 0 Å². The summed E-state index contributed by atoms with van der Waals surface area (Å²) in [6.45, 7) is 4.31. The van der Waals surface area contributed by atoms with Crippen molar-refractivity contribution < 1.29 is 60.2 Å². The van der Waals surface area contributed by atoms with Gasteiger partial charge in [-0.1, -0.05) is 18.6 Å². The van der Waals surface area contributed by atoms with E-state index in [0.29, 0.717) is 0 Å². The molecule has 0 aliphatic carbocycles. The van der Waals surface area contributed by atoms with Crippen molar-refractivity contribution in [2.75, 3.05) is 0 Å². The fourth-order valence-corrected chi connectivity index (χ4v) is 1.54. The summed E-state index contributed by atoms with van der Waals surface area (Å²) in [4.78, 5) is 0. The molecule has 0 heterocycles. The molecule has 0 amide bonds. The molecule has 0 aliphatic rings. The van der Waals surface area contributed by atoms with Gasteiger partial charge in [-0.25, -0.2) is 0 Å². The molecule has 14 heavy (non-hydrogen) atoms. The van der Waals surface area contributed by atoms with Crippen molar-refractivity contribution >= 4 is 10.8 Å². The van der Waals surface area contributed by atoms with Crippen molar-refractivity contribution in [2.24, 2.45) is 0 Å². The third kappa shape index (κ3) is 3.08. The number of hydrogen-bond acceptors (Lipinski definition) is 0. The molecule has 2 aromatic rings. The average molecular weight is 394 g/mol. The summed E-state index contributed by atoms with van der Waals surface area (Å²) in [5, 5.41) is 2.79. The van der Waals surface area contributed by atoms with Gasteiger partial charge in [0, 0.05) is 0 Å². The van der Waals surface area contributed by atoms with Crippen LogP contribution in [-0.4, -0.2) is 0 Å². The van der Waals surface area contributed by atoms with Crippen molar-refractivity contribution in [1.82, 2.24) is 0 Å². The van der Waals surface area contributed by atoms with E-state index in [9.17, 15) is 0 Å². The third-order valence-corrected chi connectivity index (χ3v) is 2.25. The van der Waals surface area contributed by atoms with Gasteiger partial charge in [-0.3, -0.25) is 0 Å². The Morgan fingerprint density at radius 1 is 0.929 bits per heavy atom. The SMILES string of the molecule is Cc1ccc(C)c2[cH-]ccc12.[Br-].[Br-].[Zr+3]. The van der Waals surface area contributed by atoms with Gasteiger partial charge < -0.3 is 34.0 Å². The predicted octanol–water partition coefficient (Wildman–Crippen LogP) is -2.82. The van der Waals surface area contributed by atoms with Crippen LogP contribution >= 0.6 is 0 Å². The van der Waals surface area contributed by atoms with Gasteiger partial charge in [0.15, 0.2) is 0 Å². The van der Waals surface area contributed by atoms with Crippen molar-refractivity contribution in [3.05, 3.63) is 41.5 Å². The summed E-state index contributed by atoms with van der Waals surface area (Å²) in [5.74, 6) is 0. The first-order valence-electron chi connectivity index (χ1n) is 3.90. The van der Waals surface area contributed by atoms with Crippen LogP contribution in [0.2, 0.25) is 0 Å². The van der Waals surface area contributed by atoms with E-state index in [1.807, 2.05) is 0 Å². The minimum atomic E-state index is 0. The quantitative estimate of drug-likeness (QED) is 0.423. The molecular formula is C11H11Br2Zr. The first kappa shape index (κ1) is 17.1.